The predicted molar refractivity (Wildman–Crippen MR) is 129 cm³/mol. The Morgan fingerprint density at radius 2 is 1.48 bits per heavy atom. The van der Waals surface area contributed by atoms with Crippen molar-refractivity contribution in [2.24, 2.45) is 0 Å². The second-order valence-corrected chi connectivity index (χ2v) is 10.9. The first-order chi connectivity index (χ1) is 15.5. The van der Waals surface area contributed by atoms with Crippen molar-refractivity contribution < 1.29 is 37.6 Å². The molecule has 3 unspecified atom stereocenters. The quantitative estimate of drug-likeness (QED) is 0.0582. The molecule has 0 heterocycles. The maximum atomic E-state index is 12.7. The zero-order valence-corrected chi connectivity index (χ0v) is 22.2. The van der Waals surface area contributed by atoms with Gasteiger partial charge in [-0.1, -0.05) is 90.2 Å². The first-order valence-electron chi connectivity index (χ1n) is 12.4. The molecule has 0 bridgehead atoms. The summed E-state index contributed by atoms with van der Waals surface area (Å²) >= 11 is 0. The summed E-state index contributed by atoms with van der Waals surface area (Å²) < 4.78 is 27.3. The molecule has 0 aliphatic rings. The van der Waals surface area contributed by atoms with Crippen LogP contribution in [0.4, 0.5) is 0 Å². The Kier molecular flexibility index (Phi) is 18.1. The molecule has 0 aromatic rings. The highest BCUT2D eigenvalue weighted by Gasteiger charge is 2.34. The molecule has 0 spiro atoms. The Bertz CT molecular complexity index is 566. The second-order valence-electron chi connectivity index (χ2n) is 9.52. The fourth-order valence-electron chi connectivity index (χ4n) is 3.39. The molecule has 0 saturated heterocycles. The Morgan fingerprint density at radius 3 is 1.94 bits per heavy atom. The standard InChI is InChI=1S/C24H48NO7P/c1-6-8-9-10-11-12-13-14-15-16-17-18-20-31-33(28,29)32-22(24(27)25(3,4)5)21-23(26)30-19-7-2/h7,22,24H,2,6,8-21H2,1,3-5H3,(H,28,29). The Labute approximate surface area is 201 Å². The molecule has 33 heavy (non-hydrogen) atoms. The number of phosphoric acid groups is 1. The lowest BCUT2D eigenvalue weighted by Gasteiger charge is -2.42. The van der Waals surface area contributed by atoms with E-state index in [1.807, 2.05) is 0 Å². The highest BCUT2D eigenvalue weighted by molar-refractivity contribution is 7.47. The van der Waals surface area contributed by atoms with Crippen molar-refractivity contribution in [3.05, 3.63) is 12.7 Å². The van der Waals surface area contributed by atoms with Crippen molar-refractivity contribution in [2.75, 3.05) is 34.4 Å². The molecule has 1 N–H and O–H groups in total. The van der Waals surface area contributed by atoms with Crippen LogP contribution in [0.1, 0.15) is 90.4 Å². The molecule has 0 aromatic carbocycles. The number of carbonyl (C=O) groups excluding carboxylic acids is 1. The zero-order chi connectivity index (χ0) is 25.2. The van der Waals surface area contributed by atoms with Crippen molar-refractivity contribution in [2.45, 2.75) is 103 Å². The normalized spacial score (nSPS) is 15.6. The number of hydrogen-bond donors (Lipinski definition) is 1. The van der Waals surface area contributed by atoms with Crippen molar-refractivity contribution in [3.8, 4) is 0 Å². The lowest BCUT2D eigenvalue weighted by atomic mass is 10.1. The van der Waals surface area contributed by atoms with Crippen molar-refractivity contribution in [3.63, 3.8) is 0 Å². The van der Waals surface area contributed by atoms with E-state index in [9.17, 15) is 19.4 Å². The van der Waals surface area contributed by atoms with Crippen molar-refractivity contribution in [1.82, 2.24) is 0 Å². The van der Waals surface area contributed by atoms with Gasteiger partial charge in [0.25, 0.3) is 0 Å². The number of quaternary nitrogens is 1. The Balaban J connectivity index is 4.20. The van der Waals surface area contributed by atoms with Gasteiger partial charge in [0.2, 0.25) is 0 Å². The van der Waals surface area contributed by atoms with Gasteiger partial charge in [0.15, 0.2) is 0 Å². The average molecular weight is 494 g/mol. The van der Waals surface area contributed by atoms with Gasteiger partial charge in [-0.2, -0.15) is 0 Å². The largest absolute Gasteiger partial charge is 0.804 e. The molecule has 9 heteroatoms. The summed E-state index contributed by atoms with van der Waals surface area (Å²) in [6.45, 7) is 5.74. The molecule has 0 radical (unpaired) electrons. The summed E-state index contributed by atoms with van der Waals surface area (Å²) in [5, 5.41) is 12.7. The van der Waals surface area contributed by atoms with Gasteiger partial charge < -0.3 is 19.2 Å². The third-order valence-electron chi connectivity index (χ3n) is 5.33. The van der Waals surface area contributed by atoms with E-state index < -0.39 is 32.5 Å². The lowest BCUT2D eigenvalue weighted by Crippen LogP contribution is -2.60. The topological polar surface area (TPSA) is 105 Å². The first-order valence-corrected chi connectivity index (χ1v) is 13.9. The third-order valence-corrected chi connectivity index (χ3v) is 6.38. The number of rotatable bonds is 22. The highest BCUT2D eigenvalue weighted by Crippen LogP contribution is 2.46. The molecular formula is C24H48NO7P. The van der Waals surface area contributed by atoms with E-state index >= 15 is 0 Å². The van der Waals surface area contributed by atoms with E-state index in [0.29, 0.717) is 6.42 Å². The molecule has 0 amide bonds. The molecule has 3 atom stereocenters. The maximum Gasteiger partial charge on any atom is 0.472 e. The summed E-state index contributed by atoms with van der Waals surface area (Å²) in [5.41, 5.74) is 0. The second kappa shape index (κ2) is 18.6. The van der Waals surface area contributed by atoms with Gasteiger partial charge in [-0.3, -0.25) is 13.8 Å². The first kappa shape index (κ1) is 32.2. The maximum absolute atomic E-state index is 12.7. The minimum absolute atomic E-state index is 0.00824. The third kappa shape index (κ3) is 18.3. The van der Waals surface area contributed by atoms with Gasteiger partial charge in [-0.15, -0.1) is 0 Å². The fraction of sp³-hybridized carbons (Fsp3) is 0.875. The summed E-state index contributed by atoms with van der Waals surface area (Å²) in [6, 6.07) is 0. The lowest BCUT2D eigenvalue weighted by molar-refractivity contribution is -0.973. The number of nitrogens with zero attached hydrogens (tertiary/aromatic N) is 1. The van der Waals surface area contributed by atoms with Crippen LogP contribution in [-0.2, 0) is 23.1 Å². The van der Waals surface area contributed by atoms with Crippen molar-refractivity contribution >= 4 is 13.8 Å². The Morgan fingerprint density at radius 1 is 1.00 bits per heavy atom. The number of phosphoric ester groups is 1. The van der Waals surface area contributed by atoms with Gasteiger partial charge in [0.1, 0.15) is 12.7 Å². The molecular weight excluding hydrogens is 445 g/mol. The highest BCUT2D eigenvalue weighted by atomic mass is 31.2. The molecule has 0 fully saturated rings. The van der Waals surface area contributed by atoms with E-state index in [1.54, 1.807) is 21.1 Å². The van der Waals surface area contributed by atoms with Crippen molar-refractivity contribution in [1.29, 1.82) is 0 Å². The summed E-state index contributed by atoms with van der Waals surface area (Å²) in [5.74, 6) is -0.699. The van der Waals surface area contributed by atoms with Crippen LogP contribution in [0.2, 0.25) is 0 Å². The van der Waals surface area contributed by atoms with Crippen LogP contribution < -0.4 is 5.11 Å². The number of likely N-dealkylation sites (N-methyl/N-ethyl adjacent to an activating group) is 1. The van der Waals surface area contributed by atoms with Crippen LogP contribution in [0, 0.1) is 0 Å². The molecule has 0 saturated carbocycles. The van der Waals surface area contributed by atoms with Gasteiger partial charge in [0.05, 0.1) is 34.2 Å². The zero-order valence-electron chi connectivity index (χ0n) is 21.3. The number of hydrogen-bond acceptors (Lipinski definition) is 6. The summed E-state index contributed by atoms with van der Waals surface area (Å²) in [4.78, 5) is 22.0. The number of ether oxygens (including phenoxy) is 1. The molecule has 0 aliphatic carbocycles. The van der Waals surface area contributed by atoms with E-state index in [4.69, 9.17) is 13.8 Å². The minimum atomic E-state index is -4.47. The fourth-order valence-corrected chi connectivity index (χ4v) is 4.33. The number of carbonyl (C=O) groups is 1. The van der Waals surface area contributed by atoms with Crippen LogP contribution in [0.3, 0.4) is 0 Å². The van der Waals surface area contributed by atoms with Gasteiger partial charge in [-0.25, -0.2) is 4.57 Å². The van der Waals surface area contributed by atoms with Crippen LogP contribution in [0.5, 0.6) is 0 Å². The minimum Gasteiger partial charge on any atom is -0.804 e. The van der Waals surface area contributed by atoms with Gasteiger partial charge in [-0.05, 0) is 6.42 Å². The monoisotopic (exact) mass is 493 g/mol. The van der Waals surface area contributed by atoms with Gasteiger partial charge in [0, 0.05) is 6.23 Å². The summed E-state index contributed by atoms with van der Waals surface area (Å²) in [7, 11) is 0.397. The average Bonchev–Trinajstić information content (AvgIpc) is 2.73. The smallest absolute Gasteiger partial charge is 0.472 e. The SMILES string of the molecule is C=CCOC(=O)CC(OP(=O)(O)OCCCCCCCCCCCCCC)C([O-])[N+](C)(C)C. The van der Waals surface area contributed by atoms with Gasteiger partial charge >= 0.3 is 13.8 Å². The number of esters is 1. The van der Waals surface area contributed by atoms with Crippen LogP contribution in [-0.4, -0.2) is 62.0 Å². The molecule has 196 valence electrons. The molecule has 0 aliphatic heterocycles. The Hall–Kier alpha value is -0.760. The van der Waals surface area contributed by atoms with E-state index in [0.717, 1.165) is 19.3 Å². The molecule has 0 aromatic heterocycles. The number of unbranched alkanes of at least 4 members (excludes halogenated alkanes) is 11. The molecule has 0 rings (SSSR count). The van der Waals surface area contributed by atoms with Crippen LogP contribution >= 0.6 is 7.82 Å². The van der Waals surface area contributed by atoms with E-state index in [2.05, 4.69) is 13.5 Å². The predicted octanol–water partition coefficient (Wildman–Crippen LogP) is 4.70. The van der Waals surface area contributed by atoms with E-state index in [-0.39, 0.29) is 17.7 Å². The van der Waals surface area contributed by atoms with Crippen LogP contribution in [0.15, 0.2) is 12.7 Å². The molecule has 8 nitrogen and oxygen atoms in total. The summed E-state index contributed by atoms with van der Waals surface area (Å²) in [6.07, 6.45) is 12.3. The van der Waals surface area contributed by atoms with Crippen LogP contribution in [0.25, 0.3) is 0 Å². The van der Waals surface area contributed by atoms with E-state index in [1.165, 1.54) is 57.4 Å².